The molecule has 1 aliphatic carbocycles. The molecule has 15 heavy (non-hydrogen) atoms. The van der Waals surface area contributed by atoms with E-state index < -0.39 is 0 Å². The van der Waals surface area contributed by atoms with Crippen molar-refractivity contribution in [1.82, 2.24) is 5.32 Å². The third-order valence-corrected chi connectivity index (χ3v) is 3.81. The molecule has 0 spiro atoms. The van der Waals surface area contributed by atoms with Gasteiger partial charge in [0.25, 0.3) is 0 Å². The van der Waals surface area contributed by atoms with Crippen LogP contribution in [-0.4, -0.2) is 29.5 Å². The molecule has 1 amide bonds. The molecule has 1 saturated carbocycles. The van der Waals surface area contributed by atoms with E-state index in [2.05, 4.69) is 12.2 Å². The van der Waals surface area contributed by atoms with E-state index in [1.165, 1.54) is 18.6 Å². The van der Waals surface area contributed by atoms with E-state index in [4.69, 9.17) is 5.73 Å². The highest BCUT2D eigenvalue weighted by Gasteiger charge is 2.22. The van der Waals surface area contributed by atoms with Crippen LogP contribution in [0.3, 0.4) is 0 Å². The number of halogens is 1. The van der Waals surface area contributed by atoms with Crippen LogP contribution in [0.15, 0.2) is 0 Å². The van der Waals surface area contributed by atoms with E-state index in [-0.39, 0.29) is 24.9 Å². The van der Waals surface area contributed by atoms with Crippen molar-refractivity contribution < 1.29 is 4.79 Å². The molecular weight excluding hydrogens is 232 g/mol. The van der Waals surface area contributed by atoms with Gasteiger partial charge in [-0.05, 0) is 25.0 Å². The summed E-state index contributed by atoms with van der Waals surface area (Å²) in [6.45, 7) is 2.30. The number of carbonyl (C=O) groups excluding carboxylic acids is 1. The quantitative estimate of drug-likeness (QED) is 0.798. The van der Waals surface area contributed by atoms with E-state index in [1.54, 1.807) is 0 Å². The molecule has 0 aromatic rings. The first-order valence-corrected chi connectivity index (χ1v) is 6.42. The zero-order valence-electron chi connectivity index (χ0n) is 9.20. The van der Waals surface area contributed by atoms with Crippen LogP contribution >= 0.6 is 24.2 Å². The molecule has 0 saturated heterocycles. The van der Waals surface area contributed by atoms with Gasteiger partial charge < -0.3 is 11.1 Å². The van der Waals surface area contributed by atoms with Crippen LogP contribution in [0.1, 0.15) is 32.6 Å². The monoisotopic (exact) mass is 252 g/mol. The van der Waals surface area contributed by atoms with Crippen molar-refractivity contribution in [3.63, 3.8) is 0 Å². The summed E-state index contributed by atoms with van der Waals surface area (Å²) >= 11 is 2.01. The summed E-state index contributed by atoms with van der Waals surface area (Å²) < 4.78 is 0. The largest absolute Gasteiger partial charge is 0.352 e. The molecule has 0 aromatic carbocycles. The molecule has 0 aliphatic heterocycles. The molecule has 2 unspecified atom stereocenters. The molecular formula is C10H21ClN2OS. The van der Waals surface area contributed by atoms with Crippen molar-refractivity contribution in [1.29, 1.82) is 0 Å². The number of rotatable bonds is 4. The molecule has 0 radical (unpaired) electrons. The third-order valence-electron chi connectivity index (χ3n) is 2.58. The van der Waals surface area contributed by atoms with E-state index >= 15 is 0 Å². The van der Waals surface area contributed by atoms with Gasteiger partial charge in [-0.3, -0.25) is 4.79 Å². The maximum atomic E-state index is 11.1. The van der Waals surface area contributed by atoms with Gasteiger partial charge in [-0.25, -0.2) is 0 Å². The summed E-state index contributed by atoms with van der Waals surface area (Å²) in [7, 11) is 0. The maximum Gasteiger partial charge on any atom is 0.233 e. The minimum Gasteiger partial charge on any atom is -0.352 e. The second-order valence-corrected chi connectivity index (χ2v) is 5.29. The molecule has 0 bridgehead atoms. The fraction of sp³-hybridized carbons (Fsp3) is 0.900. The van der Waals surface area contributed by atoms with Crippen molar-refractivity contribution in [2.24, 2.45) is 5.73 Å². The molecule has 1 rings (SSSR count). The number of nitrogens with one attached hydrogen (secondary N) is 1. The molecule has 5 heteroatoms. The van der Waals surface area contributed by atoms with Crippen LogP contribution in [0.25, 0.3) is 0 Å². The lowest BCUT2D eigenvalue weighted by molar-refractivity contribution is -0.120. The van der Waals surface area contributed by atoms with E-state index in [1.807, 2.05) is 11.8 Å². The third kappa shape index (κ3) is 5.64. The minimum absolute atomic E-state index is 0. The number of nitrogens with two attached hydrogens (primary N) is 1. The first-order valence-electron chi connectivity index (χ1n) is 5.37. The number of hydrogen-bond donors (Lipinski definition) is 2. The second kappa shape index (κ2) is 8.25. The summed E-state index contributed by atoms with van der Waals surface area (Å²) in [5.41, 5.74) is 5.27. The average molecular weight is 253 g/mol. The van der Waals surface area contributed by atoms with Gasteiger partial charge in [0.2, 0.25) is 5.91 Å². The zero-order valence-corrected chi connectivity index (χ0v) is 10.8. The van der Waals surface area contributed by atoms with Gasteiger partial charge in [-0.1, -0.05) is 13.3 Å². The first kappa shape index (κ1) is 15.1. The highest BCUT2D eigenvalue weighted by molar-refractivity contribution is 7.99. The van der Waals surface area contributed by atoms with Gasteiger partial charge >= 0.3 is 0 Å². The van der Waals surface area contributed by atoms with Crippen molar-refractivity contribution in [2.75, 3.05) is 12.3 Å². The van der Waals surface area contributed by atoms with Crippen LogP contribution in [0.4, 0.5) is 0 Å². The number of carbonyl (C=O) groups is 1. The van der Waals surface area contributed by atoms with Crippen molar-refractivity contribution >= 4 is 30.1 Å². The van der Waals surface area contributed by atoms with Crippen molar-refractivity contribution in [3.8, 4) is 0 Å². The zero-order chi connectivity index (χ0) is 10.4. The van der Waals surface area contributed by atoms with Crippen LogP contribution < -0.4 is 11.1 Å². The summed E-state index contributed by atoms with van der Waals surface area (Å²) in [4.78, 5) is 11.1. The minimum atomic E-state index is -0.0165. The molecule has 90 valence electrons. The van der Waals surface area contributed by atoms with Crippen LogP contribution in [0.2, 0.25) is 0 Å². The standard InChI is InChI=1S/C10H20N2OS.ClH/c1-2-14-9-5-3-4-8(6-9)12-10(13)7-11;/h8-9H,2-7,11H2,1H3,(H,12,13);1H. The Morgan fingerprint density at radius 3 is 2.87 bits per heavy atom. The van der Waals surface area contributed by atoms with E-state index in [9.17, 15) is 4.79 Å². The van der Waals surface area contributed by atoms with Crippen LogP contribution in [0, 0.1) is 0 Å². The van der Waals surface area contributed by atoms with Crippen LogP contribution in [0.5, 0.6) is 0 Å². The first-order chi connectivity index (χ1) is 6.76. The lowest BCUT2D eigenvalue weighted by atomic mass is 9.95. The summed E-state index contributed by atoms with van der Waals surface area (Å²) in [6, 6.07) is 0.365. The van der Waals surface area contributed by atoms with Gasteiger partial charge in [0, 0.05) is 11.3 Å². The molecule has 2 atom stereocenters. The Bertz CT molecular complexity index is 190. The number of thioether (sulfide) groups is 1. The molecule has 0 heterocycles. The Kier molecular flexibility index (Phi) is 8.29. The number of hydrogen-bond acceptors (Lipinski definition) is 3. The van der Waals surface area contributed by atoms with Gasteiger partial charge in [0.05, 0.1) is 6.54 Å². The maximum absolute atomic E-state index is 11.1. The highest BCUT2D eigenvalue weighted by Crippen LogP contribution is 2.28. The van der Waals surface area contributed by atoms with Crippen molar-refractivity contribution in [3.05, 3.63) is 0 Å². The fourth-order valence-electron chi connectivity index (χ4n) is 1.95. The molecule has 0 aromatic heterocycles. The second-order valence-electron chi connectivity index (χ2n) is 3.71. The lowest BCUT2D eigenvalue weighted by Crippen LogP contribution is -2.41. The fourth-order valence-corrected chi connectivity index (χ4v) is 3.12. The van der Waals surface area contributed by atoms with E-state index in [0.717, 1.165) is 18.1 Å². The smallest absolute Gasteiger partial charge is 0.233 e. The Hall–Kier alpha value is 0.0700. The Labute approximate surface area is 102 Å². The molecule has 1 aliphatic rings. The molecule has 1 fully saturated rings. The van der Waals surface area contributed by atoms with E-state index in [0.29, 0.717) is 6.04 Å². The topological polar surface area (TPSA) is 55.1 Å². The van der Waals surface area contributed by atoms with Gasteiger partial charge in [0.1, 0.15) is 0 Å². The predicted octanol–water partition coefficient (Wildman–Crippen LogP) is 1.55. The Morgan fingerprint density at radius 2 is 2.27 bits per heavy atom. The van der Waals surface area contributed by atoms with Crippen LogP contribution in [-0.2, 0) is 4.79 Å². The van der Waals surface area contributed by atoms with Gasteiger partial charge in [-0.2, -0.15) is 11.8 Å². The van der Waals surface area contributed by atoms with Gasteiger partial charge in [0.15, 0.2) is 0 Å². The number of amides is 1. The normalized spacial score (nSPS) is 25.5. The highest BCUT2D eigenvalue weighted by atomic mass is 35.5. The predicted molar refractivity (Wildman–Crippen MR) is 68.6 cm³/mol. The van der Waals surface area contributed by atoms with Gasteiger partial charge in [-0.15, -0.1) is 12.4 Å². The summed E-state index contributed by atoms with van der Waals surface area (Å²) in [6.07, 6.45) is 4.76. The molecule has 3 N–H and O–H groups in total. The summed E-state index contributed by atoms with van der Waals surface area (Å²) in [5.74, 6) is 1.15. The SMILES string of the molecule is CCSC1CCCC(NC(=O)CN)C1.Cl. The average Bonchev–Trinajstić information content (AvgIpc) is 2.19. The summed E-state index contributed by atoms with van der Waals surface area (Å²) in [5, 5.41) is 3.71. The van der Waals surface area contributed by atoms with Crippen molar-refractivity contribution in [2.45, 2.75) is 43.9 Å². The Morgan fingerprint density at radius 1 is 1.53 bits per heavy atom. The molecule has 3 nitrogen and oxygen atoms in total. The lowest BCUT2D eigenvalue weighted by Gasteiger charge is -2.29. The Balaban J connectivity index is 0.00000196.